The fraction of sp³-hybridized carbons (Fsp3) is 0.824. The van der Waals surface area contributed by atoms with E-state index in [0.29, 0.717) is 0 Å². The molecular formula is C17H28N2S. The Morgan fingerprint density at radius 3 is 2.60 bits per heavy atom. The summed E-state index contributed by atoms with van der Waals surface area (Å²) in [5.74, 6) is 1.93. The molecule has 2 saturated carbocycles. The molecule has 3 rings (SSSR count). The Kier molecular flexibility index (Phi) is 5.11. The van der Waals surface area contributed by atoms with Gasteiger partial charge in [-0.15, -0.1) is 11.3 Å². The highest BCUT2D eigenvalue weighted by atomic mass is 32.1. The van der Waals surface area contributed by atoms with E-state index in [1.54, 1.807) is 11.3 Å². The lowest BCUT2D eigenvalue weighted by Gasteiger charge is -2.39. The van der Waals surface area contributed by atoms with Crippen molar-refractivity contribution in [3.05, 3.63) is 16.1 Å². The lowest BCUT2D eigenvalue weighted by molar-refractivity contribution is 0.149. The molecule has 2 nitrogen and oxygen atoms in total. The van der Waals surface area contributed by atoms with Crippen LogP contribution in [0, 0.1) is 18.8 Å². The van der Waals surface area contributed by atoms with Crippen LogP contribution >= 0.6 is 11.3 Å². The summed E-state index contributed by atoms with van der Waals surface area (Å²) in [6.07, 6.45) is 13.1. The Morgan fingerprint density at radius 2 is 1.85 bits per heavy atom. The predicted molar refractivity (Wildman–Crippen MR) is 86.0 cm³/mol. The Labute approximate surface area is 127 Å². The number of nitrogens with one attached hydrogen (secondary N) is 1. The summed E-state index contributed by atoms with van der Waals surface area (Å²) in [5.41, 5.74) is 1.24. The zero-order chi connectivity index (χ0) is 13.8. The van der Waals surface area contributed by atoms with Crippen LogP contribution in [0.1, 0.15) is 68.5 Å². The fourth-order valence-corrected chi connectivity index (χ4v) is 4.88. The molecule has 112 valence electrons. The van der Waals surface area contributed by atoms with Crippen molar-refractivity contribution in [2.45, 2.75) is 77.3 Å². The molecular weight excluding hydrogens is 264 g/mol. The molecule has 2 aliphatic carbocycles. The third-order valence-electron chi connectivity index (χ3n) is 5.29. The smallest absolute Gasteiger partial charge is 0.0897 e. The quantitative estimate of drug-likeness (QED) is 0.871. The minimum atomic E-state index is 0.744. The molecule has 1 aromatic heterocycles. The number of aryl methyl sites for hydroxylation is 1. The van der Waals surface area contributed by atoms with Gasteiger partial charge < -0.3 is 5.32 Å². The topological polar surface area (TPSA) is 24.9 Å². The molecule has 0 aliphatic heterocycles. The first-order chi connectivity index (χ1) is 9.83. The SMILES string of the molecule is Cc1nc(CNC2CCCCC2C2CCCCC2)cs1. The van der Waals surface area contributed by atoms with Gasteiger partial charge in [-0.25, -0.2) is 4.98 Å². The second-order valence-corrected chi connectivity index (χ2v) is 7.75. The molecule has 0 aromatic carbocycles. The van der Waals surface area contributed by atoms with Crippen LogP contribution in [0.15, 0.2) is 5.38 Å². The first kappa shape index (κ1) is 14.5. The Hall–Kier alpha value is -0.410. The van der Waals surface area contributed by atoms with Crippen molar-refractivity contribution in [2.75, 3.05) is 0 Å². The van der Waals surface area contributed by atoms with Crippen LogP contribution in [-0.2, 0) is 6.54 Å². The van der Waals surface area contributed by atoms with Gasteiger partial charge in [0, 0.05) is 18.0 Å². The lowest BCUT2D eigenvalue weighted by atomic mass is 9.71. The molecule has 0 radical (unpaired) electrons. The minimum Gasteiger partial charge on any atom is -0.308 e. The Bertz CT molecular complexity index is 409. The van der Waals surface area contributed by atoms with Crippen LogP contribution in [0.4, 0.5) is 0 Å². The molecule has 2 fully saturated rings. The van der Waals surface area contributed by atoms with E-state index in [2.05, 4.69) is 22.6 Å². The van der Waals surface area contributed by atoms with E-state index < -0.39 is 0 Å². The van der Waals surface area contributed by atoms with Gasteiger partial charge in [0.1, 0.15) is 0 Å². The van der Waals surface area contributed by atoms with E-state index in [1.165, 1.54) is 68.5 Å². The van der Waals surface area contributed by atoms with Crippen molar-refractivity contribution in [1.29, 1.82) is 0 Å². The third kappa shape index (κ3) is 3.62. The van der Waals surface area contributed by atoms with Crippen molar-refractivity contribution < 1.29 is 0 Å². The number of aromatic nitrogens is 1. The number of hydrogen-bond donors (Lipinski definition) is 1. The van der Waals surface area contributed by atoms with Crippen LogP contribution in [0.25, 0.3) is 0 Å². The molecule has 1 heterocycles. The molecule has 3 heteroatoms. The monoisotopic (exact) mass is 292 g/mol. The molecule has 1 aromatic rings. The lowest BCUT2D eigenvalue weighted by Crippen LogP contribution is -2.42. The van der Waals surface area contributed by atoms with Crippen LogP contribution < -0.4 is 5.32 Å². The van der Waals surface area contributed by atoms with E-state index in [0.717, 1.165) is 24.4 Å². The van der Waals surface area contributed by atoms with Crippen molar-refractivity contribution in [1.82, 2.24) is 10.3 Å². The molecule has 2 atom stereocenters. The van der Waals surface area contributed by atoms with E-state index >= 15 is 0 Å². The Morgan fingerprint density at radius 1 is 1.10 bits per heavy atom. The largest absolute Gasteiger partial charge is 0.308 e. The number of rotatable bonds is 4. The maximum absolute atomic E-state index is 4.59. The van der Waals surface area contributed by atoms with Crippen molar-refractivity contribution in [3.63, 3.8) is 0 Å². The van der Waals surface area contributed by atoms with Gasteiger partial charge in [-0.2, -0.15) is 0 Å². The predicted octanol–water partition coefficient (Wildman–Crippen LogP) is 4.68. The van der Waals surface area contributed by atoms with Gasteiger partial charge in [-0.3, -0.25) is 0 Å². The van der Waals surface area contributed by atoms with E-state index in [1.807, 2.05) is 0 Å². The molecule has 1 N–H and O–H groups in total. The summed E-state index contributed by atoms with van der Waals surface area (Å²) in [5, 5.41) is 7.24. The molecule has 2 unspecified atom stereocenters. The van der Waals surface area contributed by atoms with Crippen molar-refractivity contribution >= 4 is 11.3 Å². The van der Waals surface area contributed by atoms with Crippen LogP contribution in [0.2, 0.25) is 0 Å². The van der Waals surface area contributed by atoms with Crippen molar-refractivity contribution in [2.24, 2.45) is 11.8 Å². The maximum Gasteiger partial charge on any atom is 0.0897 e. The molecule has 0 bridgehead atoms. The van der Waals surface area contributed by atoms with Gasteiger partial charge >= 0.3 is 0 Å². The van der Waals surface area contributed by atoms with Gasteiger partial charge in [-0.1, -0.05) is 44.9 Å². The van der Waals surface area contributed by atoms with Crippen molar-refractivity contribution in [3.8, 4) is 0 Å². The molecule has 2 aliphatic rings. The molecule has 0 spiro atoms. The number of hydrogen-bond acceptors (Lipinski definition) is 3. The van der Waals surface area contributed by atoms with E-state index in [9.17, 15) is 0 Å². The maximum atomic E-state index is 4.59. The normalized spacial score (nSPS) is 28.6. The molecule has 0 amide bonds. The van der Waals surface area contributed by atoms with E-state index in [-0.39, 0.29) is 0 Å². The number of thiazole rings is 1. The zero-order valence-electron chi connectivity index (χ0n) is 12.7. The number of nitrogens with zero attached hydrogens (tertiary/aromatic N) is 1. The third-order valence-corrected chi connectivity index (χ3v) is 6.11. The molecule has 0 saturated heterocycles. The average molecular weight is 292 g/mol. The highest BCUT2D eigenvalue weighted by molar-refractivity contribution is 7.09. The minimum absolute atomic E-state index is 0.744. The standard InChI is InChI=1S/C17H28N2S/c1-13-19-15(12-20-13)11-18-17-10-6-5-9-16(17)14-7-3-2-4-8-14/h12,14,16-18H,2-11H2,1H3. The fourth-order valence-electron chi connectivity index (χ4n) is 4.26. The van der Waals surface area contributed by atoms with Gasteiger partial charge in [-0.05, 0) is 31.6 Å². The highest BCUT2D eigenvalue weighted by Gasteiger charge is 2.32. The average Bonchev–Trinajstić information content (AvgIpc) is 2.92. The zero-order valence-corrected chi connectivity index (χ0v) is 13.6. The second kappa shape index (κ2) is 7.04. The van der Waals surface area contributed by atoms with Crippen LogP contribution in [0.3, 0.4) is 0 Å². The summed E-state index contributed by atoms with van der Waals surface area (Å²) >= 11 is 1.77. The summed E-state index contributed by atoms with van der Waals surface area (Å²) in [7, 11) is 0. The van der Waals surface area contributed by atoms with Gasteiger partial charge in [0.2, 0.25) is 0 Å². The highest BCUT2D eigenvalue weighted by Crippen LogP contribution is 2.38. The van der Waals surface area contributed by atoms with Gasteiger partial charge in [0.05, 0.1) is 10.7 Å². The van der Waals surface area contributed by atoms with Gasteiger partial charge in [0.15, 0.2) is 0 Å². The summed E-state index contributed by atoms with van der Waals surface area (Å²) in [6, 6.07) is 0.744. The second-order valence-electron chi connectivity index (χ2n) is 6.69. The summed E-state index contributed by atoms with van der Waals surface area (Å²) < 4.78 is 0. The van der Waals surface area contributed by atoms with Crippen LogP contribution in [0.5, 0.6) is 0 Å². The Balaban J connectivity index is 1.57. The van der Waals surface area contributed by atoms with Gasteiger partial charge in [0.25, 0.3) is 0 Å². The van der Waals surface area contributed by atoms with Crippen LogP contribution in [-0.4, -0.2) is 11.0 Å². The molecule has 20 heavy (non-hydrogen) atoms. The first-order valence-electron chi connectivity index (χ1n) is 8.47. The first-order valence-corrected chi connectivity index (χ1v) is 9.35. The van der Waals surface area contributed by atoms with E-state index in [4.69, 9.17) is 0 Å². The summed E-state index contributed by atoms with van der Waals surface area (Å²) in [4.78, 5) is 4.59. The summed E-state index contributed by atoms with van der Waals surface area (Å²) in [6.45, 7) is 3.07.